The Morgan fingerprint density at radius 1 is 1.17 bits per heavy atom. The lowest BCUT2D eigenvalue weighted by molar-refractivity contribution is -0.126. The van der Waals surface area contributed by atoms with E-state index in [0.717, 1.165) is 11.3 Å². The third kappa shape index (κ3) is 3.59. The quantitative estimate of drug-likeness (QED) is 0.944. The van der Waals surface area contributed by atoms with Gasteiger partial charge in [-0.1, -0.05) is 48.0 Å². The summed E-state index contributed by atoms with van der Waals surface area (Å²) in [7, 11) is 0. The summed E-state index contributed by atoms with van der Waals surface area (Å²) >= 11 is 0. The fourth-order valence-corrected chi connectivity index (χ4v) is 2.90. The molecule has 118 valence electrons. The molecule has 0 saturated carbocycles. The van der Waals surface area contributed by atoms with Crippen LogP contribution in [0.4, 0.5) is 5.69 Å². The molecule has 3 rings (SSSR count). The van der Waals surface area contributed by atoms with Crippen LogP contribution in [0.25, 0.3) is 0 Å². The first kappa shape index (κ1) is 15.3. The fraction of sp³-hybridized carbons (Fsp3) is 0.263. The lowest BCUT2D eigenvalue weighted by atomic mass is 10.1. The number of para-hydroxylation sites is 1. The monoisotopic (exact) mass is 308 g/mol. The Kier molecular flexibility index (Phi) is 4.42. The Hall–Kier alpha value is -2.62. The Bertz CT molecular complexity index is 712. The molecule has 1 saturated heterocycles. The molecular formula is C19H20N2O2. The van der Waals surface area contributed by atoms with Crippen molar-refractivity contribution < 1.29 is 9.59 Å². The van der Waals surface area contributed by atoms with Crippen LogP contribution in [0.3, 0.4) is 0 Å². The van der Waals surface area contributed by atoms with Crippen molar-refractivity contribution in [3.63, 3.8) is 0 Å². The van der Waals surface area contributed by atoms with Gasteiger partial charge in [-0.05, 0) is 24.6 Å². The van der Waals surface area contributed by atoms with Gasteiger partial charge in [0.2, 0.25) is 11.8 Å². The zero-order valence-electron chi connectivity index (χ0n) is 13.2. The van der Waals surface area contributed by atoms with Crippen LogP contribution in [-0.2, 0) is 16.1 Å². The molecule has 2 amide bonds. The highest BCUT2D eigenvalue weighted by atomic mass is 16.2. The fourth-order valence-electron chi connectivity index (χ4n) is 2.90. The molecule has 1 heterocycles. The van der Waals surface area contributed by atoms with Gasteiger partial charge < -0.3 is 10.2 Å². The second-order valence-electron chi connectivity index (χ2n) is 5.95. The van der Waals surface area contributed by atoms with E-state index in [1.807, 2.05) is 55.5 Å². The van der Waals surface area contributed by atoms with Crippen molar-refractivity contribution in [1.29, 1.82) is 0 Å². The molecular weight excluding hydrogens is 288 g/mol. The molecule has 4 heteroatoms. The van der Waals surface area contributed by atoms with Crippen molar-refractivity contribution in [1.82, 2.24) is 5.32 Å². The average Bonchev–Trinajstić information content (AvgIpc) is 2.95. The molecule has 1 N–H and O–H groups in total. The Morgan fingerprint density at radius 2 is 1.96 bits per heavy atom. The Morgan fingerprint density at radius 3 is 2.70 bits per heavy atom. The summed E-state index contributed by atoms with van der Waals surface area (Å²) in [6.07, 6.45) is 0.272. The molecule has 0 spiro atoms. The number of nitrogens with zero attached hydrogens (tertiary/aromatic N) is 1. The van der Waals surface area contributed by atoms with Crippen molar-refractivity contribution in [2.75, 3.05) is 11.4 Å². The highest BCUT2D eigenvalue weighted by Crippen LogP contribution is 2.24. The van der Waals surface area contributed by atoms with Crippen LogP contribution in [-0.4, -0.2) is 18.4 Å². The minimum Gasteiger partial charge on any atom is -0.352 e. The van der Waals surface area contributed by atoms with E-state index in [9.17, 15) is 9.59 Å². The Balaban J connectivity index is 1.60. The predicted molar refractivity (Wildman–Crippen MR) is 89.9 cm³/mol. The third-order valence-corrected chi connectivity index (χ3v) is 4.11. The maximum absolute atomic E-state index is 12.3. The van der Waals surface area contributed by atoms with Gasteiger partial charge in [0.1, 0.15) is 0 Å². The Labute approximate surface area is 136 Å². The first-order valence-corrected chi connectivity index (χ1v) is 7.82. The van der Waals surface area contributed by atoms with Crippen LogP contribution in [0.2, 0.25) is 0 Å². The SMILES string of the molecule is Cc1cccc(CNC(=O)[C@@H]2CC(=O)N(c3ccccc3)C2)c1. The number of aryl methyl sites for hydroxylation is 1. The molecule has 0 bridgehead atoms. The molecule has 0 radical (unpaired) electrons. The van der Waals surface area contributed by atoms with E-state index in [-0.39, 0.29) is 24.2 Å². The largest absolute Gasteiger partial charge is 0.352 e. The predicted octanol–water partition coefficient (Wildman–Crippen LogP) is 2.66. The van der Waals surface area contributed by atoms with Gasteiger partial charge in [0, 0.05) is 25.2 Å². The van der Waals surface area contributed by atoms with Crippen LogP contribution in [0, 0.1) is 12.8 Å². The highest BCUT2D eigenvalue weighted by molar-refractivity contribution is 6.00. The van der Waals surface area contributed by atoms with Crippen LogP contribution < -0.4 is 10.2 Å². The molecule has 4 nitrogen and oxygen atoms in total. The van der Waals surface area contributed by atoms with Gasteiger partial charge in [-0.2, -0.15) is 0 Å². The van der Waals surface area contributed by atoms with Crippen molar-refractivity contribution in [2.45, 2.75) is 19.9 Å². The van der Waals surface area contributed by atoms with E-state index >= 15 is 0 Å². The molecule has 0 aromatic heterocycles. The summed E-state index contributed by atoms with van der Waals surface area (Å²) < 4.78 is 0. The van der Waals surface area contributed by atoms with Gasteiger partial charge in [-0.25, -0.2) is 0 Å². The summed E-state index contributed by atoms with van der Waals surface area (Å²) in [5, 5.41) is 2.94. The number of amides is 2. The van der Waals surface area contributed by atoms with Gasteiger partial charge in [0.25, 0.3) is 0 Å². The number of benzene rings is 2. The maximum atomic E-state index is 12.3. The second-order valence-corrected chi connectivity index (χ2v) is 5.95. The van der Waals surface area contributed by atoms with E-state index in [1.165, 1.54) is 5.56 Å². The highest BCUT2D eigenvalue weighted by Gasteiger charge is 2.34. The van der Waals surface area contributed by atoms with Crippen molar-refractivity contribution >= 4 is 17.5 Å². The smallest absolute Gasteiger partial charge is 0.227 e. The van der Waals surface area contributed by atoms with Crippen molar-refractivity contribution in [3.8, 4) is 0 Å². The maximum Gasteiger partial charge on any atom is 0.227 e. The number of carbonyl (C=O) groups is 2. The molecule has 0 aliphatic carbocycles. The summed E-state index contributed by atoms with van der Waals surface area (Å²) in [6.45, 7) is 2.97. The number of nitrogens with one attached hydrogen (secondary N) is 1. The van der Waals surface area contributed by atoms with Gasteiger partial charge in [-0.3, -0.25) is 9.59 Å². The minimum absolute atomic E-state index is 0.00639. The number of rotatable bonds is 4. The molecule has 1 aliphatic rings. The summed E-state index contributed by atoms with van der Waals surface area (Å²) in [4.78, 5) is 26.2. The van der Waals surface area contributed by atoms with Gasteiger partial charge >= 0.3 is 0 Å². The minimum atomic E-state index is -0.285. The number of carbonyl (C=O) groups excluding carboxylic acids is 2. The second kappa shape index (κ2) is 6.65. The standard InChI is InChI=1S/C19H20N2O2/c1-14-6-5-7-15(10-14)12-20-19(23)16-11-18(22)21(13-16)17-8-3-2-4-9-17/h2-10,16H,11-13H2,1H3,(H,20,23)/t16-/m1/s1. The lowest BCUT2D eigenvalue weighted by Gasteiger charge is -2.16. The van der Waals surface area contributed by atoms with Crippen LogP contribution in [0.15, 0.2) is 54.6 Å². The van der Waals surface area contributed by atoms with Gasteiger partial charge in [0.05, 0.1) is 5.92 Å². The van der Waals surface area contributed by atoms with Crippen molar-refractivity contribution in [3.05, 3.63) is 65.7 Å². The van der Waals surface area contributed by atoms with Gasteiger partial charge in [-0.15, -0.1) is 0 Å². The first-order chi connectivity index (χ1) is 11.1. The van der Waals surface area contributed by atoms with E-state index in [4.69, 9.17) is 0 Å². The molecule has 23 heavy (non-hydrogen) atoms. The molecule has 2 aromatic carbocycles. The normalized spacial score (nSPS) is 17.3. The first-order valence-electron chi connectivity index (χ1n) is 7.82. The lowest BCUT2D eigenvalue weighted by Crippen LogP contribution is -2.32. The summed E-state index contributed by atoms with van der Waals surface area (Å²) in [5.74, 6) is -0.335. The molecule has 0 unspecified atom stereocenters. The number of hydrogen-bond acceptors (Lipinski definition) is 2. The van der Waals surface area contributed by atoms with Gasteiger partial charge in [0.15, 0.2) is 0 Å². The topological polar surface area (TPSA) is 49.4 Å². The van der Waals surface area contributed by atoms with Crippen LogP contribution in [0.1, 0.15) is 17.5 Å². The van der Waals surface area contributed by atoms with E-state index in [0.29, 0.717) is 13.1 Å². The molecule has 2 aromatic rings. The van der Waals surface area contributed by atoms with Crippen LogP contribution >= 0.6 is 0 Å². The van der Waals surface area contributed by atoms with Crippen molar-refractivity contribution in [2.24, 2.45) is 5.92 Å². The number of anilines is 1. The third-order valence-electron chi connectivity index (χ3n) is 4.11. The van der Waals surface area contributed by atoms with E-state index < -0.39 is 0 Å². The molecule has 1 aliphatic heterocycles. The van der Waals surface area contributed by atoms with E-state index in [1.54, 1.807) is 4.90 Å². The molecule has 1 atom stereocenters. The zero-order valence-corrected chi connectivity index (χ0v) is 13.2. The van der Waals surface area contributed by atoms with E-state index in [2.05, 4.69) is 11.4 Å². The summed E-state index contributed by atoms with van der Waals surface area (Å²) in [6, 6.07) is 17.5. The van der Waals surface area contributed by atoms with Crippen LogP contribution in [0.5, 0.6) is 0 Å². The summed E-state index contributed by atoms with van der Waals surface area (Å²) in [5.41, 5.74) is 3.09. The average molecular weight is 308 g/mol. The zero-order chi connectivity index (χ0) is 16.2. The number of hydrogen-bond donors (Lipinski definition) is 1. The molecule has 1 fully saturated rings.